The Bertz CT molecular complexity index is 990. The molecule has 0 N–H and O–H groups in total. The first kappa shape index (κ1) is 21.4. The maximum atomic E-state index is 5.98. The molecule has 0 amide bonds. The second kappa shape index (κ2) is 9.49. The summed E-state index contributed by atoms with van der Waals surface area (Å²) in [6.07, 6.45) is 2.86. The normalized spacial score (nSPS) is 11.5. The van der Waals surface area contributed by atoms with E-state index in [0.717, 1.165) is 40.7 Å². The second-order valence-electron chi connectivity index (χ2n) is 7.72. The van der Waals surface area contributed by atoms with Crippen molar-refractivity contribution in [3.63, 3.8) is 0 Å². The first-order valence-corrected chi connectivity index (χ1v) is 10.1. The topological polar surface area (TPSA) is 40.0 Å². The van der Waals surface area contributed by atoms with E-state index in [1.807, 2.05) is 54.6 Å². The van der Waals surface area contributed by atoms with Crippen LogP contribution in [0.25, 0.3) is 0 Å². The van der Waals surface area contributed by atoms with E-state index in [0.29, 0.717) is 0 Å². The molecule has 0 atom stereocenters. The van der Waals surface area contributed by atoms with Crippen molar-refractivity contribution in [2.45, 2.75) is 32.6 Å². The van der Waals surface area contributed by atoms with Crippen LogP contribution in [0.5, 0.6) is 23.0 Å². The second-order valence-corrected chi connectivity index (χ2v) is 7.72. The molecule has 0 aliphatic rings. The van der Waals surface area contributed by atoms with Gasteiger partial charge >= 0.3 is 0 Å². The molecule has 156 valence electrons. The Balaban J connectivity index is 1.69. The van der Waals surface area contributed by atoms with Crippen LogP contribution in [-0.2, 0) is 5.41 Å². The van der Waals surface area contributed by atoms with Crippen molar-refractivity contribution in [1.82, 2.24) is 0 Å². The third-order valence-electron chi connectivity index (χ3n) is 5.38. The highest BCUT2D eigenvalue weighted by Crippen LogP contribution is 2.30. The van der Waals surface area contributed by atoms with Gasteiger partial charge in [-0.1, -0.05) is 32.9 Å². The molecule has 0 spiro atoms. The number of ether oxygens (including phenoxy) is 3. The molecule has 0 saturated heterocycles. The summed E-state index contributed by atoms with van der Waals surface area (Å²) in [6.45, 7) is 6.71. The molecule has 0 aliphatic carbocycles. The van der Waals surface area contributed by atoms with E-state index in [-0.39, 0.29) is 5.41 Å². The summed E-state index contributed by atoms with van der Waals surface area (Å²) in [5, 5.41) is 0. The summed E-state index contributed by atoms with van der Waals surface area (Å²) in [7, 11) is 3.28. The quantitative estimate of drug-likeness (QED) is 0.383. The Kier molecular flexibility index (Phi) is 6.78. The molecule has 3 aromatic rings. The summed E-state index contributed by atoms with van der Waals surface area (Å²) in [4.78, 5) is 4.54. The van der Waals surface area contributed by atoms with Crippen LogP contribution in [0.4, 0.5) is 5.69 Å². The Hall–Kier alpha value is -3.27. The average Bonchev–Trinajstić information content (AvgIpc) is 2.78. The molecular formula is C26H29NO3. The lowest BCUT2D eigenvalue weighted by molar-refractivity contribution is 0.402. The Morgan fingerprint density at radius 2 is 1.40 bits per heavy atom. The zero-order chi connectivity index (χ0) is 21.6. The molecule has 0 aliphatic heterocycles. The van der Waals surface area contributed by atoms with Crippen molar-refractivity contribution in [2.75, 3.05) is 14.2 Å². The Labute approximate surface area is 179 Å². The number of aliphatic imine (C=N–C) groups is 1. The fraction of sp³-hybridized carbons (Fsp3) is 0.269. The van der Waals surface area contributed by atoms with Gasteiger partial charge in [0.25, 0.3) is 0 Å². The Morgan fingerprint density at radius 1 is 0.800 bits per heavy atom. The van der Waals surface area contributed by atoms with E-state index in [9.17, 15) is 0 Å². The van der Waals surface area contributed by atoms with Crippen molar-refractivity contribution in [3.8, 4) is 23.0 Å². The van der Waals surface area contributed by atoms with Gasteiger partial charge in [0.2, 0.25) is 0 Å². The van der Waals surface area contributed by atoms with Gasteiger partial charge in [-0.15, -0.1) is 0 Å². The molecule has 30 heavy (non-hydrogen) atoms. The van der Waals surface area contributed by atoms with Crippen LogP contribution < -0.4 is 14.2 Å². The van der Waals surface area contributed by atoms with Gasteiger partial charge in [-0.25, -0.2) is 0 Å². The fourth-order valence-corrected chi connectivity index (χ4v) is 3.00. The molecule has 0 aromatic heterocycles. The van der Waals surface area contributed by atoms with Gasteiger partial charge in [0.05, 0.1) is 19.9 Å². The number of rotatable bonds is 8. The molecule has 0 radical (unpaired) electrons. The highest BCUT2D eigenvalue weighted by Gasteiger charge is 2.17. The molecule has 0 heterocycles. The minimum absolute atomic E-state index is 0.170. The third-order valence-corrected chi connectivity index (χ3v) is 5.38. The lowest BCUT2D eigenvalue weighted by atomic mass is 9.82. The summed E-state index contributed by atoms with van der Waals surface area (Å²) < 4.78 is 16.6. The van der Waals surface area contributed by atoms with Crippen LogP contribution in [0.1, 0.15) is 38.3 Å². The van der Waals surface area contributed by atoms with E-state index < -0.39 is 0 Å². The van der Waals surface area contributed by atoms with Crippen molar-refractivity contribution in [3.05, 3.63) is 77.9 Å². The minimum atomic E-state index is 0.170. The third kappa shape index (κ3) is 5.20. The number of methoxy groups -OCH3 is 2. The van der Waals surface area contributed by atoms with Crippen molar-refractivity contribution in [2.24, 2.45) is 4.99 Å². The van der Waals surface area contributed by atoms with Crippen molar-refractivity contribution < 1.29 is 14.2 Å². The van der Waals surface area contributed by atoms with Crippen LogP contribution in [0.15, 0.2) is 71.7 Å². The zero-order valence-corrected chi connectivity index (χ0v) is 18.3. The van der Waals surface area contributed by atoms with E-state index in [1.54, 1.807) is 20.4 Å². The molecule has 4 heteroatoms. The fourth-order valence-electron chi connectivity index (χ4n) is 3.00. The van der Waals surface area contributed by atoms with E-state index in [2.05, 4.69) is 37.9 Å². The monoisotopic (exact) mass is 403 g/mol. The minimum Gasteiger partial charge on any atom is -0.497 e. The first-order valence-electron chi connectivity index (χ1n) is 10.1. The standard InChI is InChI=1S/C26H29NO3/c1-6-26(2,3)20-7-11-22(12-8-20)30-23-13-9-21(10-14-23)27-18-19-17-24(28-4)15-16-25(19)29-5/h7-18H,6H2,1-5H3. The predicted octanol–water partition coefficient (Wildman–Crippen LogP) is 6.93. The summed E-state index contributed by atoms with van der Waals surface area (Å²) in [5.74, 6) is 3.10. The number of hydrogen-bond donors (Lipinski definition) is 0. The lowest BCUT2D eigenvalue weighted by Crippen LogP contribution is -2.14. The van der Waals surface area contributed by atoms with Crippen LogP contribution >= 0.6 is 0 Å². The van der Waals surface area contributed by atoms with Gasteiger partial charge in [-0.05, 0) is 72.0 Å². The molecule has 0 bridgehead atoms. The highest BCUT2D eigenvalue weighted by atomic mass is 16.5. The predicted molar refractivity (Wildman–Crippen MR) is 123 cm³/mol. The van der Waals surface area contributed by atoms with Gasteiger partial charge in [0, 0.05) is 11.8 Å². The SMILES string of the molecule is CCC(C)(C)c1ccc(Oc2ccc(N=Cc3cc(OC)ccc3OC)cc2)cc1. The van der Waals surface area contributed by atoms with Crippen molar-refractivity contribution >= 4 is 11.9 Å². The van der Waals surface area contributed by atoms with Crippen LogP contribution in [0.2, 0.25) is 0 Å². The Morgan fingerprint density at radius 3 is 1.97 bits per heavy atom. The van der Waals surface area contributed by atoms with E-state index in [4.69, 9.17) is 14.2 Å². The van der Waals surface area contributed by atoms with Crippen LogP contribution in [0.3, 0.4) is 0 Å². The van der Waals surface area contributed by atoms with Gasteiger partial charge in [0.1, 0.15) is 23.0 Å². The first-order chi connectivity index (χ1) is 14.4. The molecule has 3 aromatic carbocycles. The average molecular weight is 404 g/mol. The van der Waals surface area contributed by atoms with Crippen LogP contribution in [0, 0.1) is 0 Å². The number of hydrogen-bond acceptors (Lipinski definition) is 4. The van der Waals surface area contributed by atoms with Crippen LogP contribution in [-0.4, -0.2) is 20.4 Å². The molecule has 4 nitrogen and oxygen atoms in total. The maximum Gasteiger partial charge on any atom is 0.127 e. The summed E-state index contributed by atoms with van der Waals surface area (Å²) in [5.41, 5.74) is 3.17. The van der Waals surface area contributed by atoms with Gasteiger partial charge < -0.3 is 14.2 Å². The molecular weight excluding hydrogens is 374 g/mol. The molecule has 0 fully saturated rings. The van der Waals surface area contributed by atoms with E-state index in [1.165, 1.54) is 5.56 Å². The maximum absolute atomic E-state index is 5.98. The van der Waals surface area contributed by atoms with Gasteiger partial charge in [-0.3, -0.25) is 4.99 Å². The van der Waals surface area contributed by atoms with Gasteiger partial charge in [0.15, 0.2) is 0 Å². The van der Waals surface area contributed by atoms with Crippen molar-refractivity contribution in [1.29, 1.82) is 0 Å². The van der Waals surface area contributed by atoms with E-state index >= 15 is 0 Å². The molecule has 0 saturated carbocycles. The molecule has 0 unspecified atom stereocenters. The smallest absolute Gasteiger partial charge is 0.127 e. The molecule has 3 rings (SSSR count). The highest BCUT2D eigenvalue weighted by molar-refractivity contribution is 5.86. The number of benzene rings is 3. The number of nitrogens with zero attached hydrogens (tertiary/aromatic N) is 1. The summed E-state index contributed by atoms with van der Waals surface area (Å²) >= 11 is 0. The largest absolute Gasteiger partial charge is 0.497 e. The zero-order valence-electron chi connectivity index (χ0n) is 18.3. The van der Waals surface area contributed by atoms with Gasteiger partial charge in [-0.2, -0.15) is 0 Å². The summed E-state index contributed by atoms with van der Waals surface area (Å²) in [6, 6.07) is 21.6. The lowest BCUT2D eigenvalue weighted by Gasteiger charge is -2.23.